The van der Waals surface area contributed by atoms with Crippen molar-refractivity contribution in [3.8, 4) is 5.69 Å². The number of amides is 1. The number of carbonyl (C=O) groups is 1. The number of imidazole rings is 1. The highest BCUT2D eigenvalue weighted by atomic mass is 19.1. The SMILES string of the molecule is CC(C)c1nc2c(N3C[C@H](C)[C@@H](N)C3)c(NC(=O)c3ccc(=O)n(-c4c(F)cccc4F)n3)ccc2n1C. The number of halogens is 2. The molecule has 5 rings (SSSR count). The van der Waals surface area contributed by atoms with Crippen LogP contribution in [-0.2, 0) is 7.05 Å². The smallest absolute Gasteiger partial charge is 0.276 e. The number of fused-ring (bicyclic) bond motifs is 1. The van der Waals surface area contributed by atoms with Crippen LogP contribution >= 0.6 is 0 Å². The first-order valence-electron chi connectivity index (χ1n) is 12.4. The lowest BCUT2D eigenvalue weighted by atomic mass is 10.1. The van der Waals surface area contributed by atoms with Crippen LogP contribution in [0.4, 0.5) is 20.2 Å². The summed E-state index contributed by atoms with van der Waals surface area (Å²) in [5.41, 5.74) is 7.60. The van der Waals surface area contributed by atoms with E-state index < -0.39 is 28.8 Å². The van der Waals surface area contributed by atoms with Crippen LogP contribution in [0.5, 0.6) is 0 Å². The third kappa shape index (κ3) is 4.32. The van der Waals surface area contributed by atoms with Gasteiger partial charge in [-0.1, -0.05) is 26.8 Å². The number of nitrogens with one attached hydrogen (secondary N) is 1. The van der Waals surface area contributed by atoms with Crippen LogP contribution in [0.2, 0.25) is 0 Å². The van der Waals surface area contributed by atoms with Gasteiger partial charge in [-0.25, -0.2) is 13.8 Å². The van der Waals surface area contributed by atoms with Crippen molar-refractivity contribution >= 4 is 28.3 Å². The highest BCUT2D eigenvalue weighted by Gasteiger charge is 2.31. The highest BCUT2D eigenvalue weighted by Crippen LogP contribution is 2.38. The molecule has 2 aromatic carbocycles. The molecule has 0 bridgehead atoms. The summed E-state index contributed by atoms with van der Waals surface area (Å²) in [5.74, 6) is -1.26. The molecule has 2 atom stereocenters. The number of hydrogen-bond acceptors (Lipinski definition) is 6. The van der Waals surface area contributed by atoms with Crippen molar-refractivity contribution in [1.82, 2.24) is 19.3 Å². The zero-order valence-electron chi connectivity index (χ0n) is 21.6. The topological polar surface area (TPSA) is 111 Å². The van der Waals surface area contributed by atoms with E-state index >= 15 is 0 Å². The lowest BCUT2D eigenvalue weighted by molar-refractivity contribution is 0.102. The standard InChI is InChI=1S/C27H29F2N7O2/c1-14(2)26-32-23-21(34(26)4)10-8-19(25(23)35-12-15(3)18(30)13-35)31-27(38)20-9-11-22(37)36(33-20)24-16(28)6-5-7-17(24)29/h5-11,14-15,18H,12-13,30H2,1-4H3,(H,31,38)/t15-,18-/m0/s1. The van der Waals surface area contributed by atoms with Gasteiger partial charge >= 0.3 is 0 Å². The van der Waals surface area contributed by atoms with E-state index in [1.54, 1.807) is 6.07 Å². The molecule has 0 saturated carbocycles. The Hall–Kier alpha value is -4.12. The van der Waals surface area contributed by atoms with Crippen molar-refractivity contribution in [2.45, 2.75) is 32.7 Å². The number of hydrogen-bond donors (Lipinski definition) is 2. The maximum atomic E-state index is 14.4. The van der Waals surface area contributed by atoms with Crippen molar-refractivity contribution in [3.05, 3.63) is 76.0 Å². The average molecular weight is 522 g/mol. The van der Waals surface area contributed by atoms with Gasteiger partial charge in [-0.3, -0.25) is 9.59 Å². The first kappa shape index (κ1) is 25.5. The number of nitrogens with two attached hydrogens (primary N) is 1. The van der Waals surface area contributed by atoms with Crippen molar-refractivity contribution < 1.29 is 13.6 Å². The first-order valence-corrected chi connectivity index (χ1v) is 12.4. The van der Waals surface area contributed by atoms with E-state index in [2.05, 4.69) is 36.1 Å². The summed E-state index contributed by atoms with van der Waals surface area (Å²) >= 11 is 0. The monoisotopic (exact) mass is 521 g/mol. The normalized spacial score (nSPS) is 17.5. The Kier molecular flexibility index (Phi) is 6.47. The number of anilines is 2. The van der Waals surface area contributed by atoms with Crippen LogP contribution < -0.4 is 21.5 Å². The molecule has 0 radical (unpaired) electrons. The zero-order valence-corrected chi connectivity index (χ0v) is 21.6. The van der Waals surface area contributed by atoms with Crippen LogP contribution in [0.25, 0.3) is 16.7 Å². The van der Waals surface area contributed by atoms with E-state index in [1.165, 1.54) is 12.1 Å². The van der Waals surface area contributed by atoms with Gasteiger partial charge in [0.05, 0.1) is 16.9 Å². The molecule has 198 valence electrons. The molecule has 4 aromatic rings. The fourth-order valence-corrected chi connectivity index (χ4v) is 4.94. The lowest BCUT2D eigenvalue weighted by Gasteiger charge is -2.23. The predicted octanol–water partition coefficient (Wildman–Crippen LogP) is 3.56. The minimum absolute atomic E-state index is 0.0389. The fourth-order valence-electron chi connectivity index (χ4n) is 4.94. The quantitative estimate of drug-likeness (QED) is 0.416. The lowest BCUT2D eigenvalue weighted by Crippen LogP contribution is -2.29. The van der Waals surface area contributed by atoms with Crippen LogP contribution in [0.1, 0.15) is 43.0 Å². The molecule has 1 aliphatic rings. The second kappa shape index (κ2) is 9.64. The van der Waals surface area contributed by atoms with Crippen LogP contribution in [-0.4, -0.2) is 44.4 Å². The average Bonchev–Trinajstić information content (AvgIpc) is 3.38. The van der Waals surface area contributed by atoms with Crippen LogP contribution in [0, 0.1) is 17.6 Å². The van der Waals surface area contributed by atoms with E-state index in [0.29, 0.717) is 23.5 Å². The largest absolute Gasteiger partial charge is 0.366 e. The maximum absolute atomic E-state index is 14.4. The molecule has 0 unspecified atom stereocenters. The number of para-hydroxylation sites is 1. The Labute approximate surface area is 217 Å². The second-order valence-corrected chi connectivity index (χ2v) is 10.1. The summed E-state index contributed by atoms with van der Waals surface area (Å²) in [5, 5.41) is 6.85. The van der Waals surface area contributed by atoms with Crippen molar-refractivity contribution in [2.24, 2.45) is 18.7 Å². The van der Waals surface area contributed by atoms with Crippen LogP contribution in [0.15, 0.2) is 47.3 Å². The van der Waals surface area contributed by atoms with E-state index in [4.69, 9.17) is 10.7 Å². The molecule has 38 heavy (non-hydrogen) atoms. The molecule has 1 amide bonds. The number of aryl methyl sites for hydroxylation is 1. The summed E-state index contributed by atoms with van der Waals surface area (Å²) in [6.45, 7) is 7.49. The molecule has 11 heteroatoms. The molecular formula is C27H29F2N7O2. The van der Waals surface area contributed by atoms with Crippen LogP contribution in [0.3, 0.4) is 0 Å². The molecule has 0 spiro atoms. The van der Waals surface area contributed by atoms with E-state index in [1.807, 2.05) is 17.7 Å². The summed E-state index contributed by atoms with van der Waals surface area (Å²) in [6, 6.07) is 9.12. The van der Waals surface area contributed by atoms with Gasteiger partial charge in [-0.15, -0.1) is 0 Å². The first-order chi connectivity index (χ1) is 18.1. The number of aromatic nitrogens is 4. The molecule has 0 aliphatic carbocycles. The minimum atomic E-state index is -0.972. The Balaban J connectivity index is 1.58. The molecule has 1 aliphatic heterocycles. The van der Waals surface area contributed by atoms with E-state index in [-0.39, 0.29) is 23.6 Å². The third-order valence-electron chi connectivity index (χ3n) is 6.99. The molecule has 3 N–H and O–H groups in total. The Morgan fingerprint density at radius 3 is 2.42 bits per heavy atom. The van der Waals surface area contributed by atoms with Gasteiger partial charge in [0.15, 0.2) is 11.6 Å². The van der Waals surface area contributed by atoms with Crippen molar-refractivity contribution in [2.75, 3.05) is 23.3 Å². The molecule has 1 saturated heterocycles. The van der Waals surface area contributed by atoms with Crippen molar-refractivity contribution in [3.63, 3.8) is 0 Å². The molecule has 1 fully saturated rings. The third-order valence-corrected chi connectivity index (χ3v) is 6.99. The van der Waals surface area contributed by atoms with E-state index in [9.17, 15) is 18.4 Å². The number of rotatable bonds is 5. The molecule has 3 heterocycles. The maximum Gasteiger partial charge on any atom is 0.276 e. The Morgan fingerprint density at radius 2 is 1.79 bits per heavy atom. The summed E-state index contributed by atoms with van der Waals surface area (Å²) in [7, 11) is 1.96. The van der Waals surface area contributed by atoms with Gasteiger partial charge in [-0.05, 0) is 36.2 Å². The van der Waals surface area contributed by atoms with E-state index in [0.717, 1.165) is 40.7 Å². The number of carbonyl (C=O) groups excluding carboxylic acids is 1. The van der Waals surface area contributed by atoms with Gasteiger partial charge in [0.2, 0.25) is 0 Å². The fraction of sp³-hybridized carbons (Fsp3) is 0.333. The van der Waals surface area contributed by atoms with Gasteiger partial charge < -0.3 is 20.5 Å². The Morgan fingerprint density at radius 1 is 1.08 bits per heavy atom. The van der Waals surface area contributed by atoms with Gasteiger partial charge in [0.1, 0.15) is 22.7 Å². The van der Waals surface area contributed by atoms with Gasteiger partial charge in [-0.2, -0.15) is 9.78 Å². The summed E-state index contributed by atoms with van der Waals surface area (Å²) < 4.78 is 31.3. The highest BCUT2D eigenvalue weighted by molar-refractivity contribution is 6.08. The number of nitrogens with zero attached hydrogens (tertiary/aromatic N) is 5. The number of benzene rings is 2. The Bertz CT molecular complexity index is 1580. The van der Waals surface area contributed by atoms with Crippen molar-refractivity contribution in [1.29, 1.82) is 0 Å². The second-order valence-electron chi connectivity index (χ2n) is 10.1. The summed E-state index contributed by atoms with van der Waals surface area (Å²) in [6.07, 6.45) is 0. The van der Waals surface area contributed by atoms with Gasteiger partial charge in [0, 0.05) is 38.2 Å². The molecule has 9 nitrogen and oxygen atoms in total. The molecule has 2 aromatic heterocycles. The minimum Gasteiger partial charge on any atom is -0.366 e. The summed E-state index contributed by atoms with van der Waals surface area (Å²) in [4.78, 5) is 32.8. The predicted molar refractivity (Wildman–Crippen MR) is 142 cm³/mol. The zero-order chi connectivity index (χ0) is 27.3. The van der Waals surface area contributed by atoms with Gasteiger partial charge in [0.25, 0.3) is 11.5 Å². The molecular weight excluding hydrogens is 492 g/mol.